The third-order valence-electron chi connectivity index (χ3n) is 20.4. The summed E-state index contributed by atoms with van der Waals surface area (Å²) in [5.74, 6) is -2.09. The van der Waals surface area contributed by atoms with E-state index in [4.69, 9.17) is 37.0 Å². The monoisotopic (exact) mass is 1540 g/mol. The van der Waals surface area contributed by atoms with Crippen LogP contribution in [0.5, 0.6) is 0 Å². The van der Waals surface area contributed by atoms with Crippen LogP contribution in [0.25, 0.3) is 0 Å². The number of aliphatic hydroxyl groups is 1. The van der Waals surface area contributed by atoms with Crippen LogP contribution in [0.1, 0.15) is 471 Å². The van der Waals surface area contributed by atoms with Gasteiger partial charge in [0, 0.05) is 25.7 Å². The van der Waals surface area contributed by atoms with Gasteiger partial charge in [-0.3, -0.25) is 37.3 Å². The molecule has 0 bridgehead atoms. The molecule has 0 aromatic heterocycles. The molecule has 2 unspecified atom stereocenters. The summed E-state index contributed by atoms with van der Waals surface area (Å²) in [5, 5.41) is 10.7. The first-order valence-electron chi connectivity index (χ1n) is 44.8. The summed E-state index contributed by atoms with van der Waals surface area (Å²) >= 11 is 0. The summed E-state index contributed by atoms with van der Waals surface area (Å²) in [6, 6.07) is 0. The predicted molar refractivity (Wildman–Crippen MR) is 432 cm³/mol. The Labute approximate surface area is 645 Å². The maximum Gasteiger partial charge on any atom is 0.472 e. The number of aliphatic hydroxyl groups excluding tert-OH is 1. The molecule has 17 nitrogen and oxygen atoms in total. The first-order chi connectivity index (χ1) is 51.2. The standard InChI is InChI=1S/C86H168O17P2/c1-5-9-13-17-21-25-29-33-36-39-42-44-47-51-55-59-63-67-71-84(89)97-77-82(103-86(91)73-69-65-61-57-53-49-46-43-40-37-34-30-26-22-18-14-10-6-2)79-101-105(94,95)99-75-80(87)74-98-104(92,93)100-78-81(76-96-83(88)70-66-62-58-54-50-32-28-24-20-16-12-8-4)102-85(90)72-68-64-60-56-52-48-45-41-38-35-31-27-23-19-15-11-7-3/h80-82,87H,5-79H2,1-4H3,(H,92,93)(H,94,95)/t80-,81+,82+/m0/s1. The van der Waals surface area contributed by atoms with Crippen LogP contribution in [0.2, 0.25) is 0 Å². The predicted octanol–water partition coefficient (Wildman–Crippen LogP) is 26.5. The summed E-state index contributed by atoms with van der Waals surface area (Å²) < 4.78 is 68.9. The Kier molecular flexibility index (Phi) is 78.6. The maximum absolute atomic E-state index is 13.1. The minimum Gasteiger partial charge on any atom is -0.462 e. The lowest BCUT2D eigenvalue weighted by Crippen LogP contribution is -2.30. The Morgan fingerprint density at radius 2 is 0.381 bits per heavy atom. The summed E-state index contributed by atoms with van der Waals surface area (Å²) in [4.78, 5) is 73.3. The molecule has 0 aliphatic heterocycles. The van der Waals surface area contributed by atoms with E-state index in [1.165, 1.54) is 302 Å². The summed E-state index contributed by atoms with van der Waals surface area (Å²) in [6.07, 6.45) is 74.8. The molecule has 0 rings (SSSR count). The number of carbonyl (C=O) groups is 4. The van der Waals surface area contributed by atoms with Crippen molar-refractivity contribution in [3.8, 4) is 0 Å². The first kappa shape index (κ1) is 103. The Hall–Kier alpha value is -1.94. The number of hydrogen-bond acceptors (Lipinski definition) is 15. The molecule has 5 atom stereocenters. The van der Waals surface area contributed by atoms with Gasteiger partial charge in [-0.1, -0.05) is 419 Å². The highest BCUT2D eigenvalue weighted by Crippen LogP contribution is 2.45. The van der Waals surface area contributed by atoms with Gasteiger partial charge < -0.3 is 33.8 Å². The SMILES string of the molecule is CCCCCCCCCCCCCCCCCCCCC(=O)OC[C@H](COP(=O)(O)OC[C@@H](O)COP(=O)(O)OC[C@@H](COC(=O)CCCCCCCCCCCCCC)OC(=O)CCCCCCCCCCCCCCCCCCC)OC(=O)CCCCCCCCCCCCCCCCCCCC. The van der Waals surface area contributed by atoms with Crippen LogP contribution < -0.4 is 0 Å². The van der Waals surface area contributed by atoms with Crippen molar-refractivity contribution in [3.05, 3.63) is 0 Å². The second-order valence-corrected chi connectivity index (χ2v) is 33.8. The van der Waals surface area contributed by atoms with Gasteiger partial charge in [-0.2, -0.15) is 0 Å². The van der Waals surface area contributed by atoms with Crippen molar-refractivity contribution in [2.75, 3.05) is 39.6 Å². The Bertz CT molecular complexity index is 1980. The van der Waals surface area contributed by atoms with Gasteiger partial charge in [0.25, 0.3) is 0 Å². The van der Waals surface area contributed by atoms with Crippen molar-refractivity contribution in [1.29, 1.82) is 0 Å². The Balaban J connectivity index is 5.25. The number of esters is 4. The second-order valence-electron chi connectivity index (χ2n) is 30.9. The van der Waals surface area contributed by atoms with Crippen LogP contribution in [-0.4, -0.2) is 96.7 Å². The molecule has 0 saturated heterocycles. The average Bonchev–Trinajstić information content (AvgIpc) is 0.911. The van der Waals surface area contributed by atoms with Crippen molar-refractivity contribution in [1.82, 2.24) is 0 Å². The molecule has 624 valence electrons. The van der Waals surface area contributed by atoms with Gasteiger partial charge in [0.2, 0.25) is 0 Å². The molecule has 0 spiro atoms. The first-order valence-corrected chi connectivity index (χ1v) is 47.8. The van der Waals surface area contributed by atoms with E-state index >= 15 is 0 Å². The fourth-order valence-corrected chi connectivity index (χ4v) is 15.1. The number of rotatable bonds is 87. The molecule has 0 heterocycles. The highest BCUT2D eigenvalue weighted by Gasteiger charge is 2.30. The highest BCUT2D eigenvalue weighted by atomic mass is 31.2. The van der Waals surface area contributed by atoms with E-state index < -0.39 is 97.5 Å². The molecule has 0 aliphatic carbocycles. The van der Waals surface area contributed by atoms with Crippen LogP contribution in [0, 0.1) is 0 Å². The molecule has 0 aromatic rings. The van der Waals surface area contributed by atoms with Crippen LogP contribution in [-0.2, 0) is 65.4 Å². The lowest BCUT2D eigenvalue weighted by molar-refractivity contribution is -0.161. The topological polar surface area (TPSA) is 237 Å². The lowest BCUT2D eigenvalue weighted by atomic mass is 10.0. The summed E-state index contributed by atoms with van der Waals surface area (Å²) in [6.45, 7) is 5.07. The van der Waals surface area contributed by atoms with Gasteiger partial charge in [0.1, 0.15) is 19.3 Å². The molecular weight excluding hydrogens is 1370 g/mol. The van der Waals surface area contributed by atoms with E-state index in [0.29, 0.717) is 25.7 Å². The molecule has 19 heteroatoms. The van der Waals surface area contributed by atoms with Crippen LogP contribution >= 0.6 is 15.6 Å². The summed E-state index contributed by atoms with van der Waals surface area (Å²) in [5.41, 5.74) is 0. The van der Waals surface area contributed by atoms with Gasteiger partial charge >= 0.3 is 39.5 Å². The van der Waals surface area contributed by atoms with Crippen molar-refractivity contribution in [2.45, 2.75) is 489 Å². The molecule has 0 radical (unpaired) electrons. The lowest BCUT2D eigenvalue weighted by Gasteiger charge is -2.21. The maximum atomic E-state index is 13.1. The van der Waals surface area contributed by atoms with E-state index in [1.807, 2.05) is 0 Å². The second kappa shape index (κ2) is 80.1. The van der Waals surface area contributed by atoms with Crippen LogP contribution in [0.3, 0.4) is 0 Å². The van der Waals surface area contributed by atoms with Crippen molar-refractivity contribution in [3.63, 3.8) is 0 Å². The van der Waals surface area contributed by atoms with Crippen LogP contribution in [0.4, 0.5) is 0 Å². The zero-order chi connectivity index (χ0) is 76.7. The molecule has 0 fully saturated rings. The number of hydrogen-bond donors (Lipinski definition) is 3. The smallest absolute Gasteiger partial charge is 0.462 e. The fraction of sp³-hybridized carbons (Fsp3) is 0.953. The van der Waals surface area contributed by atoms with E-state index in [1.54, 1.807) is 0 Å². The third kappa shape index (κ3) is 79.9. The number of phosphoric ester groups is 2. The molecular formula is C86H168O17P2. The van der Waals surface area contributed by atoms with Crippen molar-refractivity contribution in [2.24, 2.45) is 0 Å². The fourth-order valence-electron chi connectivity index (χ4n) is 13.5. The third-order valence-corrected chi connectivity index (χ3v) is 22.3. The van der Waals surface area contributed by atoms with Gasteiger partial charge in [-0.05, 0) is 25.7 Å². The van der Waals surface area contributed by atoms with Gasteiger partial charge in [0.15, 0.2) is 12.2 Å². The molecule has 0 amide bonds. The van der Waals surface area contributed by atoms with Crippen molar-refractivity contribution < 1.29 is 80.2 Å². The molecule has 0 aliphatic rings. The minimum atomic E-state index is -4.96. The average molecular weight is 1540 g/mol. The minimum absolute atomic E-state index is 0.110. The van der Waals surface area contributed by atoms with Gasteiger partial charge in [-0.25, -0.2) is 9.13 Å². The normalized spacial score (nSPS) is 13.7. The molecule has 105 heavy (non-hydrogen) atoms. The van der Waals surface area contributed by atoms with E-state index in [9.17, 15) is 43.2 Å². The van der Waals surface area contributed by atoms with Gasteiger partial charge in [0.05, 0.1) is 26.4 Å². The quantitative estimate of drug-likeness (QED) is 0.0222. The van der Waals surface area contributed by atoms with Gasteiger partial charge in [-0.15, -0.1) is 0 Å². The zero-order valence-corrected chi connectivity index (χ0v) is 70.5. The number of unbranched alkanes of at least 4 members (excludes halogenated alkanes) is 61. The molecule has 0 saturated carbocycles. The van der Waals surface area contributed by atoms with E-state index in [2.05, 4.69) is 27.7 Å². The number of ether oxygens (including phenoxy) is 4. The number of carbonyl (C=O) groups excluding carboxylic acids is 4. The Morgan fingerprint density at radius 1 is 0.229 bits per heavy atom. The molecule has 3 N–H and O–H groups in total. The highest BCUT2D eigenvalue weighted by molar-refractivity contribution is 7.47. The van der Waals surface area contributed by atoms with E-state index in [0.717, 1.165) is 89.9 Å². The summed E-state index contributed by atoms with van der Waals surface area (Å²) in [7, 11) is -9.93. The zero-order valence-electron chi connectivity index (χ0n) is 68.7. The number of phosphoric acid groups is 2. The largest absolute Gasteiger partial charge is 0.472 e. The molecule has 0 aromatic carbocycles. The Morgan fingerprint density at radius 3 is 0.562 bits per heavy atom. The van der Waals surface area contributed by atoms with Crippen molar-refractivity contribution >= 4 is 39.5 Å². The van der Waals surface area contributed by atoms with E-state index in [-0.39, 0.29) is 25.7 Å². The van der Waals surface area contributed by atoms with Crippen LogP contribution in [0.15, 0.2) is 0 Å².